The topological polar surface area (TPSA) is 96.5 Å². The van der Waals surface area contributed by atoms with Crippen LogP contribution in [0.4, 0.5) is 22.1 Å². The predicted molar refractivity (Wildman–Crippen MR) is 104 cm³/mol. The number of amides is 2. The molecule has 0 radical (unpaired) electrons. The number of anilines is 3. The number of rotatable bonds is 4. The molecule has 3 heterocycles. The van der Waals surface area contributed by atoms with Gasteiger partial charge in [0.15, 0.2) is 0 Å². The number of hydrogen-bond donors (Lipinski definition) is 2. The summed E-state index contributed by atoms with van der Waals surface area (Å²) >= 11 is 0.861. The molecule has 2 aromatic rings. The number of benzene rings is 1. The average Bonchev–Trinajstić information content (AvgIpc) is 3.00. The van der Waals surface area contributed by atoms with E-state index in [0.29, 0.717) is 16.5 Å². The van der Waals surface area contributed by atoms with Gasteiger partial charge in [0.1, 0.15) is 0 Å². The number of morpholine rings is 1. The van der Waals surface area contributed by atoms with Crippen LogP contribution in [0.5, 0.6) is 0 Å². The van der Waals surface area contributed by atoms with Crippen molar-refractivity contribution in [1.82, 2.24) is 15.3 Å². The Hall–Kier alpha value is -2.91. The van der Waals surface area contributed by atoms with Crippen LogP contribution in [-0.4, -0.2) is 47.4 Å². The van der Waals surface area contributed by atoms with Crippen molar-refractivity contribution in [3.8, 4) is 0 Å². The number of imide groups is 1. The van der Waals surface area contributed by atoms with E-state index in [1.807, 2.05) is 24.3 Å². The van der Waals surface area contributed by atoms with Crippen molar-refractivity contribution in [2.75, 3.05) is 36.5 Å². The van der Waals surface area contributed by atoms with Gasteiger partial charge in [-0.25, -0.2) is 9.97 Å². The Kier molecular flexibility index (Phi) is 5.03. The molecule has 0 bridgehead atoms. The van der Waals surface area contributed by atoms with Gasteiger partial charge in [0.25, 0.3) is 11.1 Å². The first-order valence-corrected chi connectivity index (χ1v) is 9.27. The van der Waals surface area contributed by atoms with Crippen LogP contribution in [0.1, 0.15) is 5.69 Å². The quantitative estimate of drug-likeness (QED) is 0.777. The number of carbonyl (C=O) groups is 2. The van der Waals surface area contributed by atoms with Gasteiger partial charge in [0.05, 0.1) is 23.8 Å². The van der Waals surface area contributed by atoms with Crippen LogP contribution >= 0.6 is 11.8 Å². The fraction of sp³-hybridized carbons (Fsp3) is 0.222. The van der Waals surface area contributed by atoms with Crippen molar-refractivity contribution < 1.29 is 14.3 Å². The van der Waals surface area contributed by atoms with Gasteiger partial charge in [-0.05, 0) is 48.2 Å². The summed E-state index contributed by atoms with van der Waals surface area (Å²) in [4.78, 5) is 34.0. The van der Waals surface area contributed by atoms with E-state index in [1.165, 1.54) is 0 Å². The monoisotopic (exact) mass is 383 g/mol. The molecule has 0 aliphatic carbocycles. The van der Waals surface area contributed by atoms with E-state index in [9.17, 15) is 9.59 Å². The fourth-order valence-electron chi connectivity index (χ4n) is 2.77. The van der Waals surface area contributed by atoms with Crippen molar-refractivity contribution in [3.05, 3.63) is 47.1 Å². The van der Waals surface area contributed by atoms with E-state index in [4.69, 9.17) is 4.74 Å². The average molecular weight is 383 g/mol. The molecule has 0 atom stereocenters. The Labute approximate surface area is 160 Å². The molecule has 2 amide bonds. The third-order valence-corrected chi connectivity index (χ3v) is 4.91. The highest BCUT2D eigenvalue weighted by Gasteiger charge is 2.25. The maximum Gasteiger partial charge on any atom is 0.290 e. The lowest BCUT2D eigenvalue weighted by Crippen LogP contribution is -2.36. The molecule has 0 saturated carbocycles. The van der Waals surface area contributed by atoms with Crippen molar-refractivity contribution in [2.24, 2.45) is 0 Å². The molecule has 2 N–H and O–H groups in total. The van der Waals surface area contributed by atoms with Crippen LogP contribution in [-0.2, 0) is 9.53 Å². The molecule has 2 aliphatic heterocycles. The van der Waals surface area contributed by atoms with E-state index >= 15 is 0 Å². The van der Waals surface area contributed by atoms with E-state index in [-0.39, 0.29) is 5.24 Å². The summed E-state index contributed by atoms with van der Waals surface area (Å²) in [6, 6.07) is 9.71. The number of hydrogen-bond acceptors (Lipinski definition) is 8. The summed E-state index contributed by atoms with van der Waals surface area (Å²) < 4.78 is 5.37. The third-order valence-electron chi connectivity index (χ3n) is 4.10. The summed E-state index contributed by atoms with van der Waals surface area (Å²) in [5.41, 5.74) is 2.56. The number of nitrogens with one attached hydrogen (secondary N) is 2. The lowest BCUT2D eigenvalue weighted by Gasteiger charge is -2.28. The minimum Gasteiger partial charge on any atom is -0.378 e. The second kappa shape index (κ2) is 7.77. The first kappa shape index (κ1) is 17.5. The van der Waals surface area contributed by atoms with Gasteiger partial charge < -0.3 is 15.0 Å². The lowest BCUT2D eigenvalue weighted by molar-refractivity contribution is -0.115. The van der Waals surface area contributed by atoms with E-state index in [0.717, 1.165) is 49.4 Å². The molecule has 138 valence electrons. The van der Waals surface area contributed by atoms with Crippen LogP contribution in [0.3, 0.4) is 0 Å². The normalized spacial score (nSPS) is 18.7. The molecule has 1 aromatic carbocycles. The van der Waals surface area contributed by atoms with Gasteiger partial charge in [0.2, 0.25) is 5.95 Å². The van der Waals surface area contributed by atoms with Gasteiger partial charge >= 0.3 is 0 Å². The first-order valence-electron chi connectivity index (χ1n) is 8.45. The standard InChI is InChI=1S/C18H17N5O3S/c24-16-15(27-18(25)22-16)11-13-5-6-19-17(21-13)20-12-1-3-14(4-2-12)23-7-9-26-10-8-23/h1-6,11H,7-10H2,(H,19,20,21)(H,22,24,25)/b15-11+. The molecule has 2 saturated heterocycles. The molecule has 0 spiro atoms. The van der Waals surface area contributed by atoms with E-state index in [1.54, 1.807) is 18.3 Å². The van der Waals surface area contributed by atoms with Crippen molar-refractivity contribution >= 4 is 46.3 Å². The summed E-state index contributed by atoms with van der Waals surface area (Å²) in [6.45, 7) is 3.28. The third kappa shape index (κ3) is 4.26. The number of nitrogens with zero attached hydrogens (tertiary/aromatic N) is 3. The number of thioether (sulfide) groups is 1. The SMILES string of the molecule is O=C1NC(=O)/C(=C\c2ccnc(Nc3ccc(N4CCOCC4)cc3)n2)S1. The predicted octanol–water partition coefficient (Wildman–Crippen LogP) is 2.38. The van der Waals surface area contributed by atoms with Gasteiger partial charge in [-0.15, -0.1) is 0 Å². The summed E-state index contributed by atoms with van der Waals surface area (Å²) in [6.07, 6.45) is 3.17. The lowest BCUT2D eigenvalue weighted by atomic mass is 10.2. The summed E-state index contributed by atoms with van der Waals surface area (Å²) in [7, 11) is 0. The molecular weight excluding hydrogens is 366 g/mol. The Morgan fingerprint density at radius 1 is 1.15 bits per heavy atom. The Morgan fingerprint density at radius 3 is 2.63 bits per heavy atom. The van der Waals surface area contributed by atoms with Crippen molar-refractivity contribution in [1.29, 1.82) is 0 Å². The summed E-state index contributed by atoms with van der Waals surface area (Å²) in [5.74, 6) is 0.00928. The van der Waals surface area contributed by atoms with E-state index < -0.39 is 5.91 Å². The van der Waals surface area contributed by atoms with Crippen LogP contribution in [0.15, 0.2) is 41.4 Å². The molecule has 8 nitrogen and oxygen atoms in total. The zero-order valence-electron chi connectivity index (χ0n) is 14.3. The van der Waals surface area contributed by atoms with Gasteiger partial charge in [-0.2, -0.15) is 0 Å². The fourth-order valence-corrected chi connectivity index (χ4v) is 3.44. The second-order valence-electron chi connectivity index (χ2n) is 5.93. The first-order chi connectivity index (χ1) is 13.2. The highest BCUT2D eigenvalue weighted by Crippen LogP contribution is 2.25. The minimum atomic E-state index is -0.406. The molecule has 27 heavy (non-hydrogen) atoms. The summed E-state index contributed by atoms with van der Waals surface area (Å²) in [5, 5.41) is 4.99. The molecule has 1 aromatic heterocycles. The van der Waals surface area contributed by atoms with Crippen LogP contribution in [0.2, 0.25) is 0 Å². The zero-order chi connectivity index (χ0) is 18.6. The Bertz CT molecular complexity index is 894. The highest BCUT2D eigenvalue weighted by atomic mass is 32.2. The highest BCUT2D eigenvalue weighted by molar-refractivity contribution is 8.18. The van der Waals surface area contributed by atoms with Gasteiger partial charge in [-0.3, -0.25) is 14.9 Å². The van der Waals surface area contributed by atoms with Gasteiger partial charge in [0, 0.05) is 30.7 Å². The Balaban J connectivity index is 1.46. The van der Waals surface area contributed by atoms with E-state index in [2.05, 4.69) is 25.5 Å². The maximum atomic E-state index is 11.6. The number of aromatic nitrogens is 2. The van der Waals surface area contributed by atoms with Crippen LogP contribution < -0.4 is 15.5 Å². The van der Waals surface area contributed by atoms with Crippen molar-refractivity contribution in [3.63, 3.8) is 0 Å². The molecule has 2 aliphatic rings. The largest absolute Gasteiger partial charge is 0.378 e. The van der Waals surface area contributed by atoms with Crippen LogP contribution in [0, 0.1) is 0 Å². The van der Waals surface area contributed by atoms with Gasteiger partial charge in [-0.1, -0.05) is 0 Å². The zero-order valence-corrected chi connectivity index (χ0v) is 15.2. The number of carbonyl (C=O) groups excluding carboxylic acids is 2. The smallest absolute Gasteiger partial charge is 0.290 e. The molecular formula is C18H17N5O3S. The second-order valence-corrected chi connectivity index (χ2v) is 6.94. The minimum absolute atomic E-state index is 0.319. The molecule has 0 unspecified atom stereocenters. The van der Waals surface area contributed by atoms with Crippen LogP contribution in [0.25, 0.3) is 6.08 Å². The number of ether oxygens (including phenoxy) is 1. The maximum absolute atomic E-state index is 11.6. The Morgan fingerprint density at radius 2 is 1.93 bits per heavy atom. The molecule has 4 rings (SSSR count). The van der Waals surface area contributed by atoms with Crippen molar-refractivity contribution in [2.45, 2.75) is 0 Å². The molecule has 9 heteroatoms. The molecule has 2 fully saturated rings.